The quantitative estimate of drug-likeness (QED) is 0.663. The van der Waals surface area contributed by atoms with E-state index in [9.17, 15) is 0 Å². The zero-order chi connectivity index (χ0) is 14.7. The smallest absolute Gasteiger partial charge is 0.126 e. The number of anilines is 1. The van der Waals surface area contributed by atoms with Crippen LogP contribution in [-0.4, -0.2) is 43.0 Å². The fraction of sp³-hybridized carbons (Fsp3) is 0.533. The lowest BCUT2D eigenvalue weighted by molar-refractivity contribution is 0.193. The van der Waals surface area contributed by atoms with E-state index in [4.69, 9.17) is 22.7 Å². The second-order valence-corrected chi connectivity index (χ2v) is 5.74. The van der Waals surface area contributed by atoms with Gasteiger partial charge in [-0.3, -0.25) is 10.3 Å². The summed E-state index contributed by atoms with van der Waals surface area (Å²) in [6.45, 7) is 8.48. The maximum Gasteiger partial charge on any atom is 0.126 e. The molecule has 5 heteroatoms. The monoisotopic (exact) mass is 294 g/mol. The molecule has 0 radical (unpaired) electrons. The Hall–Kier alpha value is -1.26. The van der Waals surface area contributed by atoms with E-state index in [1.165, 1.54) is 6.42 Å². The molecule has 4 nitrogen and oxygen atoms in total. The Bertz CT molecular complexity index is 481. The molecule has 0 spiro atoms. The first-order chi connectivity index (χ1) is 9.54. The molecule has 1 saturated heterocycles. The molecule has 0 bridgehead atoms. The van der Waals surface area contributed by atoms with Crippen LogP contribution in [0.15, 0.2) is 18.2 Å². The van der Waals surface area contributed by atoms with Crippen LogP contribution in [0.3, 0.4) is 0 Å². The molecule has 0 amide bonds. The van der Waals surface area contributed by atoms with E-state index in [2.05, 4.69) is 23.6 Å². The minimum Gasteiger partial charge on any atom is -0.384 e. The molecule has 0 aliphatic carbocycles. The summed E-state index contributed by atoms with van der Waals surface area (Å²) in [4.78, 5) is 4.79. The van der Waals surface area contributed by atoms with Gasteiger partial charge in [0.15, 0.2) is 0 Å². The van der Waals surface area contributed by atoms with Gasteiger partial charge in [0.05, 0.1) is 10.6 Å². The van der Waals surface area contributed by atoms with Crippen molar-refractivity contribution in [2.45, 2.75) is 26.3 Å². The van der Waals surface area contributed by atoms with Crippen molar-refractivity contribution in [1.29, 1.82) is 5.41 Å². The second-order valence-electron chi connectivity index (χ2n) is 5.33. The fourth-order valence-corrected chi connectivity index (χ4v) is 2.98. The second kappa shape index (κ2) is 6.46. The summed E-state index contributed by atoms with van der Waals surface area (Å²) in [7, 11) is 0. The Balaban J connectivity index is 2.15. The summed E-state index contributed by atoms with van der Waals surface area (Å²) >= 11 is 6.19. The molecule has 0 saturated carbocycles. The lowest BCUT2D eigenvalue weighted by Crippen LogP contribution is -2.49. The molecule has 1 fully saturated rings. The SMILES string of the molecule is CCC(C)N1CCN(c2cccc(Cl)c2C(=N)N)CC1. The normalized spacial score (nSPS) is 18.1. The van der Waals surface area contributed by atoms with E-state index in [1.54, 1.807) is 6.07 Å². The Morgan fingerprint density at radius 3 is 2.55 bits per heavy atom. The van der Waals surface area contributed by atoms with Crippen molar-refractivity contribution in [1.82, 2.24) is 4.90 Å². The Kier molecular flexibility index (Phi) is 4.89. The van der Waals surface area contributed by atoms with Crippen LogP contribution in [0.1, 0.15) is 25.8 Å². The molecule has 0 aromatic heterocycles. The van der Waals surface area contributed by atoms with Gasteiger partial charge in [0.2, 0.25) is 0 Å². The highest BCUT2D eigenvalue weighted by molar-refractivity contribution is 6.34. The molecule has 2 rings (SSSR count). The average Bonchev–Trinajstić information content (AvgIpc) is 2.46. The molecule has 1 aromatic rings. The van der Waals surface area contributed by atoms with Crippen LogP contribution in [0.25, 0.3) is 0 Å². The largest absolute Gasteiger partial charge is 0.384 e. The topological polar surface area (TPSA) is 56.4 Å². The molecule has 1 atom stereocenters. The van der Waals surface area contributed by atoms with E-state index >= 15 is 0 Å². The molecular weight excluding hydrogens is 272 g/mol. The number of nitrogen functional groups attached to an aromatic ring is 1. The van der Waals surface area contributed by atoms with Crippen LogP contribution in [0.2, 0.25) is 5.02 Å². The number of nitrogens with zero attached hydrogens (tertiary/aromatic N) is 2. The zero-order valence-electron chi connectivity index (χ0n) is 12.2. The van der Waals surface area contributed by atoms with Crippen LogP contribution in [0.4, 0.5) is 5.69 Å². The summed E-state index contributed by atoms with van der Waals surface area (Å²) in [5, 5.41) is 8.28. The highest BCUT2D eigenvalue weighted by atomic mass is 35.5. The van der Waals surface area contributed by atoms with Gasteiger partial charge in [-0.05, 0) is 25.5 Å². The predicted octanol–water partition coefficient (Wildman–Crippen LogP) is 2.54. The number of benzene rings is 1. The van der Waals surface area contributed by atoms with Gasteiger partial charge in [-0.2, -0.15) is 0 Å². The molecule has 20 heavy (non-hydrogen) atoms. The van der Waals surface area contributed by atoms with Gasteiger partial charge in [0.25, 0.3) is 0 Å². The summed E-state index contributed by atoms with van der Waals surface area (Å²) in [5.74, 6) is 0.0370. The zero-order valence-corrected chi connectivity index (χ0v) is 13.0. The molecular formula is C15H23ClN4. The number of hydrogen-bond donors (Lipinski definition) is 2. The van der Waals surface area contributed by atoms with Gasteiger partial charge in [0.1, 0.15) is 5.84 Å². The van der Waals surface area contributed by atoms with Crippen LogP contribution < -0.4 is 10.6 Å². The number of hydrogen-bond acceptors (Lipinski definition) is 3. The van der Waals surface area contributed by atoms with Crippen molar-refractivity contribution in [2.24, 2.45) is 5.73 Å². The summed E-state index contributed by atoms with van der Waals surface area (Å²) < 4.78 is 0. The Morgan fingerprint density at radius 1 is 1.35 bits per heavy atom. The molecule has 1 heterocycles. The molecule has 1 unspecified atom stereocenters. The van der Waals surface area contributed by atoms with Gasteiger partial charge in [-0.15, -0.1) is 0 Å². The first-order valence-electron chi connectivity index (χ1n) is 7.16. The van der Waals surface area contributed by atoms with E-state index in [0.717, 1.165) is 31.9 Å². The number of amidine groups is 1. The van der Waals surface area contributed by atoms with E-state index in [-0.39, 0.29) is 5.84 Å². The lowest BCUT2D eigenvalue weighted by atomic mass is 10.1. The van der Waals surface area contributed by atoms with Crippen molar-refractivity contribution in [3.8, 4) is 0 Å². The minimum absolute atomic E-state index is 0.0370. The van der Waals surface area contributed by atoms with E-state index < -0.39 is 0 Å². The van der Waals surface area contributed by atoms with Gasteiger partial charge in [-0.25, -0.2) is 0 Å². The standard InChI is InChI=1S/C15H23ClN4/c1-3-11(2)19-7-9-20(10-8-19)13-6-4-5-12(16)14(13)15(17)18/h4-6,11H,3,7-10H2,1-2H3,(H3,17,18). The Labute approximate surface area is 126 Å². The highest BCUT2D eigenvalue weighted by Crippen LogP contribution is 2.28. The van der Waals surface area contributed by atoms with Gasteiger partial charge >= 0.3 is 0 Å². The van der Waals surface area contributed by atoms with E-state index in [1.807, 2.05) is 12.1 Å². The third-order valence-electron chi connectivity index (χ3n) is 4.13. The summed E-state index contributed by atoms with van der Waals surface area (Å²) in [6, 6.07) is 6.34. The van der Waals surface area contributed by atoms with Gasteiger partial charge in [0, 0.05) is 37.9 Å². The minimum atomic E-state index is 0.0370. The fourth-order valence-electron chi connectivity index (χ4n) is 2.70. The first-order valence-corrected chi connectivity index (χ1v) is 7.54. The number of rotatable bonds is 4. The van der Waals surface area contributed by atoms with Crippen molar-refractivity contribution in [3.05, 3.63) is 28.8 Å². The number of halogens is 1. The van der Waals surface area contributed by atoms with Crippen LogP contribution in [0, 0.1) is 5.41 Å². The maximum atomic E-state index is 7.73. The van der Waals surface area contributed by atoms with E-state index in [0.29, 0.717) is 16.6 Å². The van der Waals surface area contributed by atoms with Crippen LogP contribution in [-0.2, 0) is 0 Å². The van der Waals surface area contributed by atoms with Crippen LogP contribution in [0.5, 0.6) is 0 Å². The molecule has 1 aliphatic rings. The number of nitrogens with two attached hydrogens (primary N) is 1. The molecule has 110 valence electrons. The van der Waals surface area contributed by atoms with Crippen molar-refractivity contribution in [2.75, 3.05) is 31.1 Å². The van der Waals surface area contributed by atoms with Crippen molar-refractivity contribution in [3.63, 3.8) is 0 Å². The summed E-state index contributed by atoms with van der Waals surface area (Å²) in [6.07, 6.45) is 1.18. The van der Waals surface area contributed by atoms with Gasteiger partial charge in [-0.1, -0.05) is 24.6 Å². The predicted molar refractivity (Wildman–Crippen MR) is 86.0 cm³/mol. The maximum absolute atomic E-state index is 7.73. The highest BCUT2D eigenvalue weighted by Gasteiger charge is 2.23. The third-order valence-corrected chi connectivity index (χ3v) is 4.45. The molecule has 1 aliphatic heterocycles. The number of nitrogens with one attached hydrogen (secondary N) is 1. The van der Waals surface area contributed by atoms with Crippen molar-refractivity contribution < 1.29 is 0 Å². The van der Waals surface area contributed by atoms with Gasteiger partial charge < -0.3 is 10.6 Å². The lowest BCUT2D eigenvalue weighted by Gasteiger charge is -2.39. The average molecular weight is 295 g/mol. The third kappa shape index (κ3) is 3.07. The van der Waals surface area contributed by atoms with Crippen molar-refractivity contribution >= 4 is 23.1 Å². The number of piperazine rings is 1. The molecule has 1 aromatic carbocycles. The van der Waals surface area contributed by atoms with Crippen LogP contribution >= 0.6 is 11.6 Å². The summed E-state index contributed by atoms with van der Waals surface area (Å²) in [5.41, 5.74) is 7.32. The molecule has 3 N–H and O–H groups in total. The first kappa shape index (κ1) is 15.1. The Morgan fingerprint density at radius 2 is 2.00 bits per heavy atom.